The maximum Gasteiger partial charge on any atom is 0.254 e. The normalized spacial score (nSPS) is 23.3. The number of amides is 1. The molecule has 1 aliphatic rings. The number of hydrogen-bond acceptors (Lipinski definition) is 4. The second kappa shape index (κ2) is 5.93. The third kappa shape index (κ3) is 2.68. The molecule has 2 rings (SSSR count). The quantitative estimate of drug-likeness (QED) is 0.798. The van der Waals surface area contributed by atoms with Crippen LogP contribution in [0.15, 0.2) is 24.5 Å². The molecule has 18 heavy (non-hydrogen) atoms. The van der Waals surface area contributed by atoms with Crippen LogP contribution in [-0.2, 0) is 9.47 Å². The number of aromatic nitrogens is 1. The van der Waals surface area contributed by atoms with Gasteiger partial charge in [0.15, 0.2) is 0 Å². The van der Waals surface area contributed by atoms with Crippen molar-refractivity contribution in [1.29, 1.82) is 0 Å². The molecule has 2 heterocycles. The highest BCUT2D eigenvalue weighted by Crippen LogP contribution is 2.22. The van der Waals surface area contributed by atoms with Crippen molar-refractivity contribution in [2.75, 3.05) is 27.4 Å². The summed E-state index contributed by atoms with van der Waals surface area (Å²) in [5.74, 6) is 0.0130. The first kappa shape index (κ1) is 13.0. The predicted octanol–water partition coefficient (Wildman–Crippen LogP) is 0.957. The molecule has 0 saturated carbocycles. The van der Waals surface area contributed by atoms with Crippen molar-refractivity contribution in [2.45, 2.75) is 18.6 Å². The Morgan fingerprint density at radius 3 is 2.78 bits per heavy atom. The number of likely N-dealkylation sites (tertiary alicyclic amines) is 1. The summed E-state index contributed by atoms with van der Waals surface area (Å²) in [5.41, 5.74) is 0.655. The van der Waals surface area contributed by atoms with Gasteiger partial charge in [0.2, 0.25) is 0 Å². The molecule has 98 valence electrons. The lowest BCUT2D eigenvalue weighted by atomic mass is 10.2. The van der Waals surface area contributed by atoms with Crippen LogP contribution >= 0.6 is 0 Å². The van der Waals surface area contributed by atoms with Crippen molar-refractivity contribution in [3.8, 4) is 0 Å². The number of carbonyl (C=O) groups is 1. The minimum absolute atomic E-state index is 0.0130. The van der Waals surface area contributed by atoms with E-state index in [0.717, 1.165) is 6.42 Å². The lowest BCUT2D eigenvalue weighted by Gasteiger charge is -2.23. The van der Waals surface area contributed by atoms with Crippen LogP contribution in [-0.4, -0.2) is 55.3 Å². The van der Waals surface area contributed by atoms with E-state index in [1.54, 1.807) is 38.7 Å². The number of nitrogens with zero attached hydrogens (tertiary/aromatic N) is 2. The maximum atomic E-state index is 12.4. The zero-order chi connectivity index (χ0) is 13.0. The molecular weight excluding hydrogens is 232 g/mol. The number of pyridine rings is 1. The number of ether oxygens (including phenoxy) is 2. The van der Waals surface area contributed by atoms with Gasteiger partial charge in [-0.2, -0.15) is 0 Å². The molecule has 0 unspecified atom stereocenters. The standard InChI is InChI=1S/C13H18N2O3/c1-17-9-11-7-12(18-2)8-15(11)13(16)10-3-5-14-6-4-10/h3-6,11-12H,7-9H2,1-2H3/t11-,12-/m0/s1. The molecule has 1 fully saturated rings. The molecular formula is C13H18N2O3. The Hall–Kier alpha value is -1.46. The van der Waals surface area contributed by atoms with Gasteiger partial charge in [0.25, 0.3) is 5.91 Å². The van der Waals surface area contributed by atoms with Crippen molar-refractivity contribution in [3.63, 3.8) is 0 Å². The summed E-state index contributed by atoms with van der Waals surface area (Å²) in [4.78, 5) is 18.1. The largest absolute Gasteiger partial charge is 0.383 e. The molecule has 1 aromatic heterocycles. The van der Waals surface area contributed by atoms with Gasteiger partial charge in [0.1, 0.15) is 0 Å². The average molecular weight is 250 g/mol. The highest BCUT2D eigenvalue weighted by atomic mass is 16.5. The lowest BCUT2D eigenvalue weighted by Crippen LogP contribution is -2.38. The van der Waals surface area contributed by atoms with Crippen molar-refractivity contribution in [3.05, 3.63) is 30.1 Å². The van der Waals surface area contributed by atoms with Crippen LogP contribution in [0.4, 0.5) is 0 Å². The molecule has 0 radical (unpaired) electrons. The SMILES string of the molecule is COC[C@@H]1C[C@H](OC)CN1C(=O)c1ccncc1. The van der Waals surface area contributed by atoms with Gasteiger partial charge in [-0.3, -0.25) is 9.78 Å². The van der Waals surface area contributed by atoms with Crippen LogP contribution < -0.4 is 0 Å². The zero-order valence-electron chi connectivity index (χ0n) is 10.7. The fourth-order valence-corrected chi connectivity index (χ4v) is 2.30. The fourth-order valence-electron chi connectivity index (χ4n) is 2.30. The molecule has 2 atom stereocenters. The summed E-state index contributed by atoms with van der Waals surface area (Å²) < 4.78 is 10.5. The van der Waals surface area contributed by atoms with Crippen LogP contribution in [0.3, 0.4) is 0 Å². The predicted molar refractivity (Wildman–Crippen MR) is 66.4 cm³/mol. The molecule has 0 aromatic carbocycles. The maximum absolute atomic E-state index is 12.4. The molecule has 0 bridgehead atoms. The second-order valence-electron chi connectivity index (χ2n) is 4.40. The van der Waals surface area contributed by atoms with E-state index in [-0.39, 0.29) is 18.1 Å². The summed E-state index contributed by atoms with van der Waals surface area (Å²) >= 11 is 0. The first-order valence-corrected chi connectivity index (χ1v) is 5.99. The van der Waals surface area contributed by atoms with E-state index >= 15 is 0 Å². The van der Waals surface area contributed by atoms with Gasteiger partial charge in [-0.1, -0.05) is 0 Å². The lowest BCUT2D eigenvalue weighted by molar-refractivity contribution is 0.0612. The zero-order valence-corrected chi connectivity index (χ0v) is 10.7. The topological polar surface area (TPSA) is 51.7 Å². The van der Waals surface area contributed by atoms with Gasteiger partial charge in [0.05, 0.1) is 18.8 Å². The molecule has 0 aliphatic carbocycles. The fraction of sp³-hybridized carbons (Fsp3) is 0.538. The van der Waals surface area contributed by atoms with E-state index in [4.69, 9.17) is 9.47 Å². The molecule has 1 aromatic rings. The van der Waals surface area contributed by atoms with Crippen LogP contribution in [0, 0.1) is 0 Å². The van der Waals surface area contributed by atoms with E-state index < -0.39 is 0 Å². The van der Waals surface area contributed by atoms with Crippen molar-refractivity contribution in [2.24, 2.45) is 0 Å². The Balaban J connectivity index is 2.12. The molecule has 1 saturated heterocycles. The molecule has 5 nitrogen and oxygen atoms in total. The first-order chi connectivity index (χ1) is 8.76. The van der Waals surface area contributed by atoms with E-state index in [1.165, 1.54) is 0 Å². The minimum Gasteiger partial charge on any atom is -0.383 e. The van der Waals surface area contributed by atoms with E-state index in [2.05, 4.69) is 4.98 Å². The average Bonchev–Trinajstić information content (AvgIpc) is 2.82. The van der Waals surface area contributed by atoms with Gasteiger partial charge < -0.3 is 14.4 Å². The number of hydrogen-bond donors (Lipinski definition) is 0. The van der Waals surface area contributed by atoms with Crippen molar-refractivity contribution in [1.82, 2.24) is 9.88 Å². The molecule has 1 amide bonds. The Morgan fingerprint density at radius 2 is 2.17 bits per heavy atom. The number of carbonyl (C=O) groups excluding carboxylic acids is 1. The number of methoxy groups -OCH3 is 2. The summed E-state index contributed by atoms with van der Waals surface area (Å²) in [7, 11) is 3.32. The van der Waals surface area contributed by atoms with Crippen LogP contribution in [0.25, 0.3) is 0 Å². The monoisotopic (exact) mass is 250 g/mol. The summed E-state index contributed by atoms with van der Waals surface area (Å²) in [6.45, 7) is 1.16. The second-order valence-corrected chi connectivity index (χ2v) is 4.40. The van der Waals surface area contributed by atoms with Crippen LogP contribution in [0.1, 0.15) is 16.8 Å². The summed E-state index contributed by atoms with van der Waals surface area (Å²) in [5, 5.41) is 0. The first-order valence-electron chi connectivity index (χ1n) is 5.99. The molecule has 0 N–H and O–H groups in total. The summed E-state index contributed by atoms with van der Waals surface area (Å²) in [6, 6.07) is 3.54. The highest BCUT2D eigenvalue weighted by Gasteiger charge is 2.35. The molecule has 5 heteroatoms. The van der Waals surface area contributed by atoms with Crippen LogP contribution in [0.2, 0.25) is 0 Å². The molecule has 1 aliphatic heterocycles. The number of rotatable bonds is 4. The Kier molecular flexibility index (Phi) is 4.28. The molecule has 0 spiro atoms. The van der Waals surface area contributed by atoms with Crippen molar-refractivity contribution < 1.29 is 14.3 Å². The van der Waals surface area contributed by atoms with Crippen LogP contribution in [0.5, 0.6) is 0 Å². The third-order valence-electron chi connectivity index (χ3n) is 3.26. The highest BCUT2D eigenvalue weighted by molar-refractivity contribution is 5.94. The van der Waals surface area contributed by atoms with Crippen molar-refractivity contribution >= 4 is 5.91 Å². The van der Waals surface area contributed by atoms with Gasteiger partial charge in [-0.15, -0.1) is 0 Å². The van der Waals surface area contributed by atoms with Gasteiger partial charge >= 0.3 is 0 Å². The van der Waals surface area contributed by atoms with E-state index in [9.17, 15) is 4.79 Å². The Labute approximate surface area is 107 Å². The van der Waals surface area contributed by atoms with Gasteiger partial charge in [-0.25, -0.2) is 0 Å². The Bertz CT molecular complexity index is 396. The minimum atomic E-state index is 0.0130. The Morgan fingerprint density at radius 1 is 1.44 bits per heavy atom. The summed E-state index contributed by atoms with van der Waals surface area (Å²) in [6.07, 6.45) is 4.17. The van der Waals surface area contributed by atoms with Gasteiger partial charge in [-0.05, 0) is 18.6 Å². The smallest absolute Gasteiger partial charge is 0.254 e. The van der Waals surface area contributed by atoms with E-state index in [0.29, 0.717) is 18.7 Å². The third-order valence-corrected chi connectivity index (χ3v) is 3.26. The van der Waals surface area contributed by atoms with E-state index in [1.807, 2.05) is 4.90 Å². The van der Waals surface area contributed by atoms with Gasteiger partial charge in [0, 0.05) is 38.7 Å².